The summed E-state index contributed by atoms with van der Waals surface area (Å²) in [5.41, 5.74) is 5.33. The Hall–Kier alpha value is -0.130. The molecule has 1 saturated carbocycles. The highest BCUT2D eigenvalue weighted by atomic mass is 32.2. The molecular formula is C10H22N2O2S. The van der Waals surface area contributed by atoms with Gasteiger partial charge in [-0.3, -0.25) is 0 Å². The molecule has 1 aliphatic rings. The highest BCUT2D eigenvalue weighted by Gasteiger charge is 2.28. The zero-order chi connectivity index (χ0) is 11.3. The molecule has 0 aromatic heterocycles. The van der Waals surface area contributed by atoms with Crippen LogP contribution in [-0.2, 0) is 10.0 Å². The fourth-order valence-electron chi connectivity index (χ4n) is 2.32. The van der Waals surface area contributed by atoms with Gasteiger partial charge in [-0.15, -0.1) is 0 Å². The Morgan fingerprint density at radius 2 is 1.87 bits per heavy atom. The van der Waals surface area contributed by atoms with Crippen LogP contribution in [0.5, 0.6) is 0 Å². The molecule has 0 aromatic carbocycles. The first kappa shape index (κ1) is 12.9. The Balaban J connectivity index is 2.68. The van der Waals surface area contributed by atoms with E-state index >= 15 is 0 Å². The fraction of sp³-hybridized carbons (Fsp3) is 1.00. The summed E-state index contributed by atoms with van der Waals surface area (Å²) in [4.78, 5) is 0. The predicted octanol–water partition coefficient (Wildman–Crippen LogP) is 0.929. The Kier molecular flexibility index (Phi) is 5.02. The molecule has 0 aromatic rings. The van der Waals surface area contributed by atoms with E-state index in [-0.39, 0.29) is 18.3 Å². The molecule has 0 saturated heterocycles. The first-order valence-electron chi connectivity index (χ1n) is 5.81. The molecule has 0 spiro atoms. The summed E-state index contributed by atoms with van der Waals surface area (Å²) in [6, 6.07) is 0.222. The molecule has 0 unspecified atom stereocenters. The van der Waals surface area contributed by atoms with Gasteiger partial charge in [0.05, 0.1) is 5.75 Å². The van der Waals surface area contributed by atoms with Crippen LogP contribution in [0, 0.1) is 0 Å². The lowest BCUT2D eigenvalue weighted by Gasteiger charge is -2.32. The summed E-state index contributed by atoms with van der Waals surface area (Å²) < 4.78 is 25.5. The van der Waals surface area contributed by atoms with Crippen LogP contribution >= 0.6 is 0 Å². The van der Waals surface area contributed by atoms with Crippen molar-refractivity contribution in [3.63, 3.8) is 0 Å². The third kappa shape index (κ3) is 3.43. The zero-order valence-electron chi connectivity index (χ0n) is 9.48. The molecule has 0 amide bonds. The Morgan fingerprint density at radius 1 is 1.27 bits per heavy atom. The lowest BCUT2D eigenvalue weighted by molar-refractivity contribution is 0.261. The monoisotopic (exact) mass is 234 g/mol. The van der Waals surface area contributed by atoms with Crippen molar-refractivity contribution in [2.45, 2.75) is 45.1 Å². The van der Waals surface area contributed by atoms with E-state index in [2.05, 4.69) is 0 Å². The van der Waals surface area contributed by atoms with Crippen LogP contribution in [0.25, 0.3) is 0 Å². The average molecular weight is 234 g/mol. The average Bonchev–Trinajstić information content (AvgIpc) is 2.19. The molecule has 4 nitrogen and oxygen atoms in total. The minimum atomic E-state index is -3.11. The molecule has 1 fully saturated rings. The van der Waals surface area contributed by atoms with Crippen LogP contribution in [0.3, 0.4) is 0 Å². The van der Waals surface area contributed by atoms with Crippen molar-refractivity contribution in [1.29, 1.82) is 0 Å². The molecule has 90 valence electrons. The number of rotatable bonds is 5. The first-order chi connectivity index (χ1) is 7.11. The van der Waals surface area contributed by atoms with Crippen LogP contribution < -0.4 is 5.73 Å². The SMILES string of the molecule is CCN(C1CCCCC1)S(=O)(=O)CCN. The topological polar surface area (TPSA) is 63.4 Å². The quantitative estimate of drug-likeness (QED) is 0.769. The molecule has 5 heteroatoms. The van der Waals surface area contributed by atoms with Crippen molar-refractivity contribution in [2.75, 3.05) is 18.8 Å². The maximum Gasteiger partial charge on any atom is 0.215 e. The van der Waals surface area contributed by atoms with Crippen molar-refractivity contribution >= 4 is 10.0 Å². The Morgan fingerprint density at radius 3 is 2.33 bits per heavy atom. The van der Waals surface area contributed by atoms with E-state index in [9.17, 15) is 8.42 Å². The molecular weight excluding hydrogens is 212 g/mol. The van der Waals surface area contributed by atoms with Gasteiger partial charge in [0, 0.05) is 19.1 Å². The molecule has 0 aliphatic heterocycles. The summed E-state index contributed by atoms with van der Waals surface area (Å²) >= 11 is 0. The summed E-state index contributed by atoms with van der Waals surface area (Å²) in [6.45, 7) is 2.70. The first-order valence-corrected chi connectivity index (χ1v) is 7.42. The molecule has 15 heavy (non-hydrogen) atoms. The third-order valence-electron chi connectivity index (χ3n) is 3.03. The fourth-order valence-corrected chi connectivity index (χ4v) is 3.91. The standard InChI is InChI=1S/C10H22N2O2S/c1-2-12(15(13,14)9-8-11)10-6-4-3-5-7-10/h10H,2-9,11H2,1H3. The Bertz CT molecular complexity index is 271. The molecule has 0 heterocycles. The van der Waals surface area contributed by atoms with Crippen molar-refractivity contribution in [1.82, 2.24) is 4.31 Å². The van der Waals surface area contributed by atoms with Gasteiger partial charge in [0.1, 0.15) is 0 Å². The second-order valence-electron chi connectivity index (χ2n) is 4.10. The van der Waals surface area contributed by atoms with Crippen LogP contribution in [-0.4, -0.2) is 37.6 Å². The van der Waals surface area contributed by atoms with E-state index in [0.717, 1.165) is 25.7 Å². The second kappa shape index (κ2) is 5.82. The van der Waals surface area contributed by atoms with Gasteiger partial charge in [-0.1, -0.05) is 26.2 Å². The summed E-state index contributed by atoms with van der Waals surface area (Å²) in [7, 11) is -3.11. The summed E-state index contributed by atoms with van der Waals surface area (Å²) in [6.07, 6.45) is 5.57. The molecule has 0 bridgehead atoms. The number of hydrogen-bond acceptors (Lipinski definition) is 3. The smallest absolute Gasteiger partial charge is 0.215 e. The van der Waals surface area contributed by atoms with Crippen LogP contribution in [0.2, 0.25) is 0 Å². The number of hydrogen-bond donors (Lipinski definition) is 1. The number of sulfonamides is 1. The van der Waals surface area contributed by atoms with E-state index in [1.165, 1.54) is 6.42 Å². The van der Waals surface area contributed by atoms with Gasteiger partial charge < -0.3 is 5.73 Å². The van der Waals surface area contributed by atoms with Gasteiger partial charge in [-0.25, -0.2) is 8.42 Å². The minimum absolute atomic E-state index is 0.0807. The Labute approximate surface area is 92.9 Å². The van der Waals surface area contributed by atoms with Crippen molar-refractivity contribution in [2.24, 2.45) is 5.73 Å². The van der Waals surface area contributed by atoms with Crippen molar-refractivity contribution in [3.05, 3.63) is 0 Å². The van der Waals surface area contributed by atoms with Crippen LogP contribution in [0.1, 0.15) is 39.0 Å². The van der Waals surface area contributed by atoms with Gasteiger partial charge in [-0.05, 0) is 12.8 Å². The van der Waals surface area contributed by atoms with Gasteiger partial charge in [0.2, 0.25) is 10.0 Å². The number of nitrogens with zero attached hydrogens (tertiary/aromatic N) is 1. The highest BCUT2D eigenvalue weighted by molar-refractivity contribution is 7.89. The van der Waals surface area contributed by atoms with Gasteiger partial charge in [-0.2, -0.15) is 4.31 Å². The van der Waals surface area contributed by atoms with Gasteiger partial charge in [0.25, 0.3) is 0 Å². The molecule has 0 radical (unpaired) electrons. The van der Waals surface area contributed by atoms with Crippen LogP contribution in [0.15, 0.2) is 0 Å². The molecule has 1 rings (SSSR count). The minimum Gasteiger partial charge on any atom is -0.329 e. The lowest BCUT2D eigenvalue weighted by Crippen LogP contribution is -2.43. The summed E-state index contributed by atoms with van der Waals surface area (Å²) in [5, 5.41) is 0. The maximum absolute atomic E-state index is 11.9. The molecule has 2 N–H and O–H groups in total. The van der Waals surface area contributed by atoms with E-state index in [1.54, 1.807) is 4.31 Å². The van der Waals surface area contributed by atoms with Crippen molar-refractivity contribution in [3.8, 4) is 0 Å². The highest BCUT2D eigenvalue weighted by Crippen LogP contribution is 2.24. The van der Waals surface area contributed by atoms with E-state index in [0.29, 0.717) is 6.54 Å². The normalized spacial score (nSPS) is 19.7. The second-order valence-corrected chi connectivity index (χ2v) is 6.14. The van der Waals surface area contributed by atoms with Crippen molar-refractivity contribution < 1.29 is 8.42 Å². The molecule has 1 aliphatic carbocycles. The van der Waals surface area contributed by atoms with Gasteiger partial charge >= 0.3 is 0 Å². The van der Waals surface area contributed by atoms with E-state index in [4.69, 9.17) is 5.73 Å². The third-order valence-corrected chi connectivity index (χ3v) is 5.05. The lowest BCUT2D eigenvalue weighted by atomic mass is 9.95. The van der Waals surface area contributed by atoms with Gasteiger partial charge in [0.15, 0.2) is 0 Å². The van der Waals surface area contributed by atoms with E-state index < -0.39 is 10.0 Å². The summed E-state index contributed by atoms with van der Waals surface area (Å²) in [5.74, 6) is 0.0807. The predicted molar refractivity (Wildman–Crippen MR) is 62.1 cm³/mol. The zero-order valence-corrected chi connectivity index (χ0v) is 10.3. The van der Waals surface area contributed by atoms with E-state index in [1.807, 2.05) is 6.92 Å². The largest absolute Gasteiger partial charge is 0.329 e. The maximum atomic E-state index is 11.9. The number of nitrogens with two attached hydrogens (primary N) is 1. The molecule has 0 atom stereocenters. The van der Waals surface area contributed by atoms with Crippen LogP contribution in [0.4, 0.5) is 0 Å².